The fraction of sp³-hybridized carbons (Fsp3) is 0.314. The van der Waals surface area contributed by atoms with Gasteiger partial charge in [-0.25, -0.2) is 9.29 Å². The van der Waals surface area contributed by atoms with Crippen molar-refractivity contribution in [2.45, 2.75) is 34.9 Å². The minimum absolute atomic E-state index is 0.0832. The zero-order valence-corrected chi connectivity index (χ0v) is 29.0. The molecule has 3 aromatic rings. The normalized spacial score (nSPS) is 29.5. The fourth-order valence-electron chi connectivity index (χ4n) is 7.88. The SMILES string of the molecule is COc1cc([C@H]2C3=CC[C@@H]4C(=O)N(CCc5ccc(O)cc5)C(=O)[C@@H]4[C@@H]3C[C@@]3(Cl)C(=O)N(c4ccc(F)cc4)C(=O)[C@@]23Cl)cc(I)c1O. The monoisotopic (exact) mass is 804 g/mol. The number of fused-ring (bicyclic) bond motifs is 4. The van der Waals surface area contributed by atoms with Gasteiger partial charge in [-0.05, 0) is 107 Å². The second-order valence-electron chi connectivity index (χ2n) is 12.5. The molecule has 3 fully saturated rings. The van der Waals surface area contributed by atoms with Crippen LogP contribution in [0.25, 0.3) is 0 Å². The molecule has 2 aliphatic carbocycles. The summed E-state index contributed by atoms with van der Waals surface area (Å²) in [6.45, 7) is 0.121. The number of halogens is 4. The minimum atomic E-state index is -2.11. The van der Waals surface area contributed by atoms with Crippen LogP contribution in [-0.4, -0.2) is 62.1 Å². The molecule has 4 aliphatic rings. The number of aromatic hydroxyl groups is 2. The van der Waals surface area contributed by atoms with Crippen molar-refractivity contribution in [3.63, 3.8) is 0 Å². The number of hydrogen-bond donors (Lipinski definition) is 2. The molecule has 2 heterocycles. The van der Waals surface area contributed by atoms with E-state index in [-0.39, 0.29) is 48.2 Å². The number of ether oxygens (including phenoxy) is 1. The smallest absolute Gasteiger partial charge is 0.258 e. The molecule has 2 aliphatic heterocycles. The third kappa shape index (κ3) is 4.68. The second kappa shape index (κ2) is 11.7. The maximum absolute atomic E-state index is 14.5. The van der Waals surface area contributed by atoms with Crippen LogP contribution >= 0.6 is 45.8 Å². The van der Waals surface area contributed by atoms with E-state index in [0.717, 1.165) is 22.6 Å². The van der Waals surface area contributed by atoms with E-state index >= 15 is 0 Å². The van der Waals surface area contributed by atoms with Crippen LogP contribution in [0.3, 0.4) is 0 Å². The van der Waals surface area contributed by atoms with Crippen LogP contribution in [0.2, 0.25) is 0 Å². The number of likely N-dealkylation sites (tertiary alicyclic amines) is 1. The molecule has 6 atom stereocenters. The molecule has 48 heavy (non-hydrogen) atoms. The number of rotatable bonds is 6. The predicted octanol–water partition coefficient (Wildman–Crippen LogP) is 5.66. The number of nitrogens with zero attached hydrogens (tertiary/aromatic N) is 2. The van der Waals surface area contributed by atoms with Crippen LogP contribution < -0.4 is 9.64 Å². The lowest BCUT2D eigenvalue weighted by Gasteiger charge is -2.50. The molecule has 0 unspecified atom stereocenters. The number of hydrogen-bond acceptors (Lipinski definition) is 7. The van der Waals surface area contributed by atoms with E-state index in [9.17, 15) is 33.8 Å². The first-order chi connectivity index (χ1) is 22.8. The molecular weight excluding hydrogens is 777 g/mol. The zero-order chi connectivity index (χ0) is 34.3. The number of methoxy groups -OCH3 is 1. The van der Waals surface area contributed by atoms with E-state index in [1.54, 1.807) is 18.2 Å². The van der Waals surface area contributed by atoms with Crippen LogP contribution in [0.1, 0.15) is 29.9 Å². The maximum Gasteiger partial charge on any atom is 0.258 e. The topological polar surface area (TPSA) is 124 Å². The van der Waals surface area contributed by atoms with Gasteiger partial charge in [0, 0.05) is 12.5 Å². The number of imide groups is 2. The maximum atomic E-state index is 14.5. The number of phenols is 2. The lowest BCUT2D eigenvalue weighted by Crippen LogP contribution is -2.60. The molecule has 7 rings (SSSR count). The summed E-state index contributed by atoms with van der Waals surface area (Å²) in [4.78, 5) is 54.7. The third-order valence-corrected chi connectivity index (χ3v) is 12.4. The van der Waals surface area contributed by atoms with Crippen molar-refractivity contribution in [1.29, 1.82) is 0 Å². The van der Waals surface area contributed by atoms with Crippen LogP contribution in [-0.2, 0) is 25.6 Å². The van der Waals surface area contributed by atoms with Crippen LogP contribution in [0.15, 0.2) is 72.3 Å². The Morgan fingerprint density at radius 3 is 2.31 bits per heavy atom. The van der Waals surface area contributed by atoms with Crippen LogP contribution in [0, 0.1) is 27.1 Å². The molecule has 2 N–H and O–H groups in total. The van der Waals surface area contributed by atoms with Gasteiger partial charge in [0.05, 0.1) is 28.2 Å². The number of amides is 4. The van der Waals surface area contributed by atoms with Crippen molar-refractivity contribution in [2.75, 3.05) is 18.6 Å². The standard InChI is InChI=1S/C35H28Cl2FIN2O7/c1-48-26-15-18(14-25(39)29(26)43)28-22-10-11-23-27(31(45)40(30(23)44)13-12-17-2-8-21(42)9-3-17)24(22)16-34(36)32(46)41(33(47)35(28,34)37)20-6-4-19(38)5-7-20/h2-10,14-15,23-24,27-28,42-43H,11-13,16H2,1H3/t23-,24+,27-,28-,34+,35-/m0/s1. The molecule has 2 saturated heterocycles. The van der Waals surface area contributed by atoms with Gasteiger partial charge in [0.2, 0.25) is 11.8 Å². The lowest BCUT2D eigenvalue weighted by atomic mass is 9.56. The van der Waals surface area contributed by atoms with Crippen molar-refractivity contribution in [2.24, 2.45) is 17.8 Å². The molecule has 3 aromatic carbocycles. The molecule has 0 radical (unpaired) electrons. The van der Waals surface area contributed by atoms with Gasteiger partial charge in [-0.15, -0.1) is 23.2 Å². The summed E-state index contributed by atoms with van der Waals surface area (Å²) in [5.41, 5.74) is 1.93. The van der Waals surface area contributed by atoms with Crippen molar-refractivity contribution < 1.29 is 38.5 Å². The summed E-state index contributed by atoms with van der Waals surface area (Å²) < 4.78 is 19.7. The molecule has 248 valence electrons. The number of phenolic OH excluding ortho intramolecular Hbond substituents is 2. The highest BCUT2D eigenvalue weighted by molar-refractivity contribution is 14.1. The fourth-order valence-corrected chi connectivity index (χ4v) is 9.44. The van der Waals surface area contributed by atoms with Gasteiger partial charge in [-0.2, -0.15) is 0 Å². The van der Waals surface area contributed by atoms with E-state index < -0.39 is 57.0 Å². The van der Waals surface area contributed by atoms with E-state index in [1.807, 2.05) is 28.7 Å². The number of anilines is 1. The molecule has 13 heteroatoms. The molecule has 0 bridgehead atoms. The van der Waals surface area contributed by atoms with Gasteiger partial charge in [0.25, 0.3) is 11.8 Å². The number of allylic oxidation sites excluding steroid dienone is 2. The van der Waals surface area contributed by atoms with Crippen molar-refractivity contribution in [1.82, 2.24) is 4.90 Å². The van der Waals surface area contributed by atoms with Gasteiger partial charge < -0.3 is 14.9 Å². The number of carbonyl (C=O) groups excluding carboxylic acids is 4. The molecule has 0 aromatic heterocycles. The highest BCUT2D eigenvalue weighted by atomic mass is 127. The first-order valence-electron chi connectivity index (χ1n) is 15.2. The Labute approximate surface area is 298 Å². The number of benzene rings is 3. The second-order valence-corrected chi connectivity index (χ2v) is 15.0. The van der Waals surface area contributed by atoms with Crippen LogP contribution in [0.5, 0.6) is 17.2 Å². The van der Waals surface area contributed by atoms with E-state index in [2.05, 4.69) is 0 Å². The quantitative estimate of drug-likeness (QED) is 0.143. The summed E-state index contributed by atoms with van der Waals surface area (Å²) >= 11 is 16.7. The number of alkyl halides is 2. The summed E-state index contributed by atoms with van der Waals surface area (Å²) in [7, 11) is 1.38. The Bertz CT molecular complexity index is 1920. The van der Waals surface area contributed by atoms with Crippen molar-refractivity contribution >= 4 is 75.1 Å². The van der Waals surface area contributed by atoms with E-state index in [4.69, 9.17) is 27.9 Å². The minimum Gasteiger partial charge on any atom is -0.508 e. The van der Waals surface area contributed by atoms with Gasteiger partial charge in [-0.1, -0.05) is 23.8 Å². The molecule has 4 amide bonds. The highest BCUT2D eigenvalue weighted by Gasteiger charge is 2.76. The van der Waals surface area contributed by atoms with Gasteiger partial charge in [-0.3, -0.25) is 24.1 Å². The Morgan fingerprint density at radius 2 is 1.65 bits per heavy atom. The Hall–Kier alpha value is -3.68. The third-order valence-electron chi connectivity index (χ3n) is 10.2. The van der Waals surface area contributed by atoms with Gasteiger partial charge in [0.15, 0.2) is 21.2 Å². The lowest BCUT2D eigenvalue weighted by molar-refractivity contribution is -0.140. The largest absolute Gasteiger partial charge is 0.508 e. The molecule has 9 nitrogen and oxygen atoms in total. The summed E-state index contributed by atoms with van der Waals surface area (Å²) in [6.07, 6.45) is 2.20. The van der Waals surface area contributed by atoms with E-state index in [0.29, 0.717) is 21.1 Å². The first-order valence-corrected chi connectivity index (χ1v) is 17.1. The highest BCUT2D eigenvalue weighted by Crippen LogP contribution is 2.66. The first kappa shape index (κ1) is 32.8. The van der Waals surface area contributed by atoms with Crippen LogP contribution in [0.4, 0.5) is 10.1 Å². The van der Waals surface area contributed by atoms with E-state index in [1.165, 1.54) is 42.3 Å². The zero-order valence-electron chi connectivity index (χ0n) is 25.3. The van der Waals surface area contributed by atoms with Gasteiger partial charge >= 0.3 is 0 Å². The Balaban J connectivity index is 1.34. The predicted molar refractivity (Wildman–Crippen MR) is 182 cm³/mol. The average molecular weight is 805 g/mol. The summed E-state index contributed by atoms with van der Waals surface area (Å²) in [5.74, 6) is -6.22. The van der Waals surface area contributed by atoms with Crippen molar-refractivity contribution in [3.05, 3.63) is 92.8 Å². The van der Waals surface area contributed by atoms with Gasteiger partial charge in [0.1, 0.15) is 11.6 Å². The Morgan fingerprint density at radius 1 is 0.958 bits per heavy atom. The summed E-state index contributed by atoms with van der Waals surface area (Å²) in [5, 5.41) is 20.3. The molecule has 1 saturated carbocycles. The molecule has 0 spiro atoms. The van der Waals surface area contributed by atoms with Crippen molar-refractivity contribution in [3.8, 4) is 17.2 Å². The average Bonchev–Trinajstić information content (AvgIpc) is 3.39. The summed E-state index contributed by atoms with van der Waals surface area (Å²) in [6, 6.07) is 14.5. The Kier molecular flexibility index (Phi) is 8.03. The molecular formula is C35H28Cl2FIN2O7. The number of carbonyl (C=O) groups is 4.